The van der Waals surface area contributed by atoms with Crippen molar-refractivity contribution in [2.24, 2.45) is 45.5 Å². The molecule has 8 aliphatic rings. The van der Waals surface area contributed by atoms with Gasteiger partial charge in [-0.05, 0) is 177 Å². The molecule has 2 aromatic heterocycles. The Morgan fingerprint density at radius 2 is 0.805 bits per heavy atom. The summed E-state index contributed by atoms with van der Waals surface area (Å²) in [5.41, 5.74) is 14.8. The van der Waals surface area contributed by atoms with Gasteiger partial charge in [-0.1, -0.05) is 193 Å². The van der Waals surface area contributed by atoms with Gasteiger partial charge in [0, 0.05) is 93.8 Å². The first-order chi connectivity index (χ1) is 63.5. The number of hydrogen-bond acceptors (Lipinski definition) is 18. The molecule has 29 nitrogen and oxygen atoms in total. The zero-order valence-electron chi connectivity index (χ0n) is 77.6. The van der Waals surface area contributed by atoms with Crippen LogP contribution in [0.2, 0.25) is 0 Å². The number of alkyl carbamates (subject to hydrolysis) is 3. The summed E-state index contributed by atoms with van der Waals surface area (Å²) in [5.74, 6) is 0.0485. The van der Waals surface area contributed by atoms with Crippen molar-refractivity contribution in [3.63, 3.8) is 0 Å². The minimum atomic E-state index is -0.956. The molecule has 6 fully saturated rings. The minimum absolute atomic E-state index is 0. The lowest BCUT2D eigenvalue weighted by Crippen LogP contribution is -2.55. The predicted molar refractivity (Wildman–Crippen MR) is 511 cm³/mol. The van der Waals surface area contributed by atoms with Crippen LogP contribution in [0.3, 0.4) is 0 Å². The number of aromatic nitrogens is 4. The molecule has 2 aliphatic carbocycles. The summed E-state index contributed by atoms with van der Waals surface area (Å²) in [6.45, 7) is 19.1. The van der Waals surface area contributed by atoms with Gasteiger partial charge in [-0.3, -0.25) is 38.8 Å². The average molecular weight is 1810 g/mol. The number of rotatable bonds is 28. The van der Waals surface area contributed by atoms with E-state index in [0.717, 1.165) is 135 Å². The molecule has 7 N–H and O–H groups in total. The number of nitrogens with zero attached hydrogens (tertiary/aromatic N) is 8. The van der Waals surface area contributed by atoms with Crippen LogP contribution in [0, 0.1) is 35.5 Å². The van der Waals surface area contributed by atoms with E-state index in [1.165, 1.54) is 14.2 Å². The third kappa shape index (κ3) is 23.8. The number of likely N-dealkylation sites (tertiary alicyclic amines) is 4. The number of amides is 8. The second kappa shape index (κ2) is 43.6. The Kier molecular flexibility index (Phi) is 32.0. The lowest BCUT2D eigenvalue weighted by atomic mass is 9.95. The largest absolute Gasteiger partial charge is 0.481 e. The van der Waals surface area contributed by atoms with Crippen LogP contribution in [0.25, 0.3) is 55.9 Å². The molecule has 8 amide bonds. The Bertz CT molecular complexity index is 5540. The highest BCUT2D eigenvalue weighted by atomic mass is 16.6. The summed E-state index contributed by atoms with van der Waals surface area (Å²) in [5, 5.41) is 19.4. The smallest absolute Gasteiger partial charge is 0.408 e. The van der Waals surface area contributed by atoms with Crippen LogP contribution >= 0.6 is 0 Å². The van der Waals surface area contributed by atoms with Crippen LogP contribution in [0.1, 0.15) is 205 Å². The van der Waals surface area contributed by atoms with E-state index in [1.807, 2.05) is 122 Å². The van der Waals surface area contributed by atoms with E-state index < -0.39 is 54.0 Å². The summed E-state index contributed by atoms with van der Waals surface area (Å²) in [6.07, 6.45) is 15.1. The van der Waals surface area contributed by atoms with Crippen molar-refractivity contribution in [3.8, 4) is 44.8 Å². The normalized spacial score (nSPS) is 21.1. The number of allylic oxidation sites excluding steroid dienone is 2. The van der Waals surface area contributed by atoms with Gasteiger partial charge in [-0.25, -0.2) is 24.4 Å². The Balaban J connectivity index is 0.000000211. The van der Waals surface area contributed by atoms with Crippen molar-refractivity contribution in [2.75, 3.05) is 54.7 Å². The molecule has 6 aliphatic heterocycles. The van der Waals surface area contributed by atoms with Gasteiger partial charge in [0.25, 0.3) is 5.91 Å². The van der Waals surface area contributed by atoms with Crippen molar-refractivity contribution >= 4 is 76.4 Å². The molecule has 0 radical (unpaired) electrons. The van der Waals surface area contributed by atoms with E-state index in [-0.39, 0.29) is 109 Å². The van der Waals surface area contributed by atoms with Gasteiger partial charge in [0.05, 0.1) is 81.3 Å². The Morgan fingerprint density at radius 3 is 1.14 bits per heavy atom. The van der Waals surface area contributed by atoms with Crippen LogP contribution in [0.4, 0.5) is 14.4 Å². The summed E-state index contributed by atoms with van der Waals surface area (Å²) in [7, 11) is 5.94. The number of H-pyrrole nitrogens is 2. The van der Waals surface area contributed by atoms with Crippen molar-refractivity contribution in [2.45, 2.75) is 213 Å². The van der Waals surface area contributed by atoms with E-state index in [9.17, 15) is 43.2 Å². The number of hydrogen-bond donors (Lipinski definition) is 7. The second-order valence-corrected chi connectivity index (χ2v) is 37.5. The summed E-state index contributed by atoms with van der Waals surface area (Å²) >= 11 is 0. The van der Waals surface area contributed by atoms with Gasteiger partial charge in [-0.2, -0.15) is 0 Å². The molecular weight excluding hydrogens is 1690 g/mol. The van der Waals surface area contributed by atoms with Crippen molar-refractivity contribution in [3.05, 3.63) is 216 Å². The quantitative estimate of drug-likeness (QED) is 0.0224. The molecule has 0 spiro atoms. The van der Waals surface area contributed by atoms with Crippen LogP contribution in [0.15, 0.2) is 193 Å². The fraction of sp³-hybridized carbons (Fsp3) is 0.452. The number of carboxylic acid groups (broad SMARTS) is 1. The molecule has 16 rings (SSSR count). The second-order valence-electron chi connectivity index (χ2n) is 37.5. The van der Waals surface area contributed by atoms with E-state index in [2.05, 4.69) is 142 Å². The zero-order chi connectivity index (χ0) is 93.8. The number of aliphatic carboxylic acids is 1. The molecule has 0 bridgehead atoms. The van der Waals surface area contributed by atoms with Gasteiger partial charge < -0.3 is 79.6 Å². The Labute approximate surface area is 779 Å². The van der Waals surface area contributed by atoms with Crippen molar-refractivity contribution < 1.29 is 71.9 Å². The maximum absolute atomic E-state index is 14.5. The standard InChI is InChI=1S/C50H61N7O7.C49H57N7O6.C4H6O2.CH4/c1-30(2)43(54-48(60)63-8)47(59)57-31(3)14-23-41(57)39-25-38(26-51-39)35-17-15-33(16-18-35)34-19-21-36(22-20-34)40-27-52-45(53-40)42-24-32(29-62-7)28-56(42)46(58)44(37-12-10-9-11-13-37)55-49(61)64-50(4,5)6;1-29(2)43(54-49(60)62-5)48(59)56-30(3)11-22-41(56)39-24-38(25-50-39)34-14-12-32(13-15-34)33-16-18-35(19-17-33)40-26-51-45(52-40)42-23-31(28-61-4)27-55(42)47(58)44(36-9-7-6-8-10-36)53-46(57)37-20-21-37;5-4(6)3-1-2-3;/h9-13,15-22,26-27,30-32,41-44H,14,23-25,28-29H2,1-8H3,(H,52,53)(H,54,60)(H,55,61);6-10,12-19,25-26,29-31,37,41-44H,11,20-24,27-28H2,1-5H3,(H,51,52)(H,53,57)(H,54,60);3H,1-2H2,(H,5,6);1H4/t31-,32-,41-,42-,43-,44+;30-,31-,41-,42-,43-,44+;;/m00../s1. The molecule has 2 saturated carbocycles. The SMILES string of the molecule is C.COC[C@H]1C[C@@H](c2ncc(-c3ccc(-c4ccc(C5=CN=C([C@@H]6CC[C@H](C)N6C(=O)[C@@H](NC(=O)OC)C(C)C)C5)cc4)cc3)[nH]2)N(C(=O)[C@H](NC(=O)C2CC2)c2ccccc2)C1.COC[C@H]1C[C@@H](c2ncc(-c3ccc(-c4ccc(C5=CN=C([C@@H]6CC[C@H](C)N6C(=O)[C@@H](NC(=O)OC)C(C)C)C5)cc4)cc3)[nH]2)N(C(=O)[C@H](NC(=O)OC(C)(C)C)c2ccccc2)C1.O=C(O)C1CC1. The number of ether oxygens (including phenoxy) is 5. The fourth-order valence-electron chi connectivity index (χ4n) is 18.6. The van der Waals surface area contributed by atoms with Crippen molar-refractivity contribution in [1.29, 1.82) is 0 Å². The number of aromatic amines is 2. The molecule has 29 heteroatoms. The monoisotopic (exact) mass is 1810 g/mol. The Morgan fingerprint density at radius 1 is 0.444 bits per heavy atom. The van der Waals surface area contributed by atoms with Crippen molar-refractivity contribution in [1.82, 2.24) is 60.8 Å². The fourth-order valence-corrected chi connectivity index (χ4v) is 18.6. The average Bonchev–Trinajstić information content (AvgIpc) is 1.65. The van der Waals surface area contributed by atoms with Gasteiger partial charge >= 0.3 is 24.2 Å². The molecule has 6 aromatic carbocycles. The van der Waals surface area contributed by atoms with Crippen LogP contribution in [0.5, 0.6) is 0 Å². The number of aliphatic imine (C=N–C) groups is 2. The summed E-state index contributed by atoms with van der Waals surface area (Å²) in [6, 6.07) is 48.3. The van der Waals surface area contributed by atoms with E-state index in [4.69, 9.17) is 48.7 Å². The minimum Gasteiger partial charge on any atom is -0.481 e. The predicted octanol–water partition coefficient (Wildman–Crippen LogP) is 17.1. The Hall–Kier alpha value is -12.9. The number of methoxy groups -OCH3 is 4. The van der Waals surface area contributed by atoms with Crippen LogP contribution in [-0.2, 0) is 52.5 Å². The highest BCUT2D eigenvalue weighted by Gasteiger charge is 2.48. The maximum Gasteiger partial charge on any atom is 0.408 e. The number of carbonyl (C=O) groups excluding carboxylic acids is 8. The molecule has 0 unspecified atom stereocenters. The summed E-state index contributed by atoms with van der Waals surface area (Å²) < 4.78 is 26.2. The number of nitrogens with one attached hydrogen (secondary N) is 6. The first kappa shape index (κ1) is 97.6. The third-order valence-electron chi connectivity index (χ3n) is 26.0. The molecule has 8 aromatic rings. The van der Waals surface area contributed by atoms with Gasteiger partial charge in [0.15, 0.2) is 0 Å². The topological polar surface area (TPSA) is 363 Å². The first-order valence-corrected chi connectivity index (χ1v) is 46.0. The zero-order valence-corrected chi connectivity index (χ0v) is 77.6. The van der Waals surface area contributed by atoms with Crippen LogP contribution in [-0.4, -0.2) is 206 Å². The van der Waals surface area contributed by atoms with Gasteiger partial charge in [-0.15, -0.1) is 0 Å². The van der Waals surface area contributed by atoms with E-state index in [1.54, 1.807) is 46.1 Å². The lowest BCUT2D eigenvalue weighted by molar-refractivity contribution is -0.139. The van der Waals surface area contributed by atoms with Gasteiger partial charge in [0.1, 0.15) is 41.4 Å². The van der Waals surface area contributed by atoms with E-state index in [0.29, 0.717) is 69.2 Å². The number of carbonyl (C=O) groups is 9. The van der Waals surface area contributed by atoms with Gasteiger partial charge in [0.2, 0.25) is 23.6 Å². The molecule has 12 atom stereocenters. The molecule has 133 heavy (non-hydrogen) atoms. The molecular formula is C104H128N14O15. The van der Waals surface area contributed by atoms with Crippen LogP contribution < -0.4 is 21.3 Å². The molecule has 8 heterocycles. The molecule has 704 valence electrons. The summed E-state index contributed by atoms with van der Waals surface area (Å²) in [4.78, 5) is 150. The maximum atomic E-state index is 14.5. The first-order valence-electron chi connectivity index (χ1n) is 46.0. The number of carboxylic acids is 1. The lowest BCUT2D eigenvalue weighted by Gasteiger charge is -2.33. The number of imidazole rings is 2. The highest BCUT2D eigenvalue weighted by Crippen LogP contribution is 2.43. The van der Waals surface area contributed by atoms with E-state index >= 15 is 0 Å². The highest BCUT2D eigenvalue weighted by molar-refractivity contribution is 6.05. The number of benzene rings is 6. The molecule has 4 saturated heterocycles. The third-order valence-corrected chi connectivity index (χ3v) is 26.0.